The summed E-state index contributed by atoms with van der Waals surface area (Å²) in [7, 11) is -2.90. The molecule has 0 bridgehead atoms. The number of hydrogen-bond acceptors (Lipinski definition) is 4. The van der Waals surface area contributed by atoms with Crippen LogP contribution in [0.5, 0.6) is 0 Å². The fraction of sp³-hybridized carbons (Fsp3) is 0.538. The highest BCUT2D eigenvalue weighted by molar-refractivity contribution is 9.10. The molecule has 19 heavy (non-hydrogen) atoms. The lowest BCUT2D eigenvalue weighted by molar-refractivity contribution is 0.603. The van der Waals surface area contributed by atoms with E-state index in [0.717, 1.165) is 22.2 Å². The van der Waals surface area contributed by atoms with Crippen LogP contribution < -0.4 is 5.73 Å². The van der Waals surface area contributed by atoms with Gasteiger partial charge in [0.2, 0.25) is 0 Å². The predicted molar refractivity (Wildman–Crippen MR) is 86.5 cm³/mol. The molecule has 2 N–H and O–H groups in total. The molecule has 0 saturated carbocycles. The summed E-state index contributed by atoms with van der Waals surface area (Å²) >= 11 is 5.04. The Hall–Kier alpha value is -0.0400. The molecule has 0 heterocycles. The summed E-state index contributed by atoms with van der Waals surface area (Å²) in [5.41, 5.74) is 7.18. The molecule has 1 unspecified atom stereocenters. The molecule has 0 fully saturated rings. The lowest BCUT2D eigenvalue weighted by Crippen LogP contribution is -2.21. The molecule has 0 saturated heterocycles. The summed E-state index contributed by atoms with van der Waals surface area (Å²) in [6.45, 7) is 2.07. The maximum atomic E-state index is 11.1. The molecule has 1 aromatic rings. The largest absolute Gasteiger partial charge is 0.327 e. The van der Waals surface area contributed by atoms with E-state index in [1.807, 2.05) is 12.1 Å². The normalized spacial score (nSPS) is 13.5. The van der Waals surface area contributed by atoms with Crippen molar-refractivity contribution in [1.29, 1.82) is 0 Å². The summed E-state index contributed by atoms with van der Waals surface area (Å²) in [4.78, 5) is 1.12. The number of benzene rings is 1. The van der Waals surface area contributed by atoms with Gasteiger partial charge in [-0.05, 0) is 36.6 Å². The molecular formula is C13H20BrNO2S2. The zero-order valence-electron chi connectivity index (χ0n) is 11.2. The van der Waals surface area contributed by atoms with Gasteiger partial charge in [0.25, 0.3) is 0 Å². The third-order valence-electron chi connectivity index (χ3n) is 2.74. The molecule has 0 radical (unpaired) electrons. The van der Waals surface area contributed by atoms with Gasteiger partial charge in [-0.15, -0.1) is 11.8 Å². The minimum absolute atomic E-state index is 0.142. The zero-order chi connectivity index (χ0) is 14.5. The van der Waals surface area contributed by atoms with Crippen molar-refractivity contribution in [1.82, 2.24) is 0 Å². The second-order valence-corrected chi connectivity index (χ2v) is 8.92. The van der Waals surface area contributed by atoms with E-state index in [9.17, 15) is 8.42 Å². The van der Waals surface area contributed by atoms with Crippen LogP contribution in [-0.2, 0) is 16.3 Å². The van der Waals surface area contributed by atoms with Gasteiger partial charge in [-0.2, -0.15) is 0 Å². The van der Waals surface area contributed by atoms with E-state index in [1.165, 1.54) is 11.8 Å². The number of thioether (sulfide) groups is 1. The molecule has 0 aromatic heterocycles. The van der Waals surface area contributed by atoms with Crippen molar-refractivity contribution in [3.63, 3.8) is 0 Å². The Balaban J connectivity index is 2.76. The summed E-state index contributed by atoms with van der Waals surface area (Å²) < 4.78 is 23.3. The van der Waals surface area contributed by atoms with Gasteiger partial charge in [0.15, 0.2) is 0 Å². The average molecular weight is 366 g/mol. The zero-order valence-corrected chi connectivity index (χ0v) is 14.4. The molecular weight excluding hydrogens is 346 g/mol. The van der Waals surface area contributed by atoms with E-state index in [0.29, 0.717) is 5.75 Å². The average Bonchev–Trinajstić information content (AvgIpc) is 2.30. The van der Waals surface area contributed by atoms with E-state index in [1.54, 1.807) is 11.8 Å². The quantitative estimate of drug-likeness (QED) is 0.754. The first-order valence-corrected chi connectivity index (χ1v) is 10.00. The molecule has 0 amide bonds. The van der Waals surface area contributed by atoms with Gasteiger partial charge in [-0.25, -0.2) is 8.42 Å². The molecule has 6 heteroatoms. The Labute approximate surface area is 128 Å². The van der Waals surface area contributed by atoms with Gasteiger partial charge in [-0.3, -0.25) is 0 Å². The van der Waals surface area contributed by atoms with Gasteiger partial charge >= 0.3 is 0 Å². The smallest absolute Gasteiger partial charge is 0.148 e. The van der Waals surface area contributed by atoms with Crippen LogP contribution in [0.3, 0.4) is 0 Å². The van der Waals surface area contributed by atoms with Crippen molar-refractivity contribution in [2.75, 3.05) is 17.8 Å². The number of nitrogens with two attached hydrogens (primary N) is 1. The molecule has 3 nitrogen and oxygen atoms in total. The number of rotatable bonds is 7. The van der Waals surface area contributed by atoms with Crippen LogP contribution in [0.25, 0.3) is 0 Å². The van der Waals surface area contributed by atoms with E-state index >= 15 is 0 Å². The van der Waals surface area contributed by atoms with E-state index in [2.05, 4.69) is 28.9 Å². The van der Waals surface area contributed by atoms with E-state index < -0.39 is 9.84 Å². The molecule has 1 aromatic carbocycles. The minimum atomic E-state index is -2.90. The Morgan fingerprint density at radius 3 is 2.68 bits per heavy atom. The van der Waals surface area contributed by atoms with Crippen LogP contribution in [0.4, 0.5) is 0 Å². The van der Waals surface area contributed by atoms with Gasteiger partial charge in [0, 0.05) is 27.4 Å². The predicted octanol–water partition coefficient (Wildman–Crippen LogP) is 2.87. The van der Waals surface area contributed by atoms with Gasteiger partial charge in [0.05, 0.1) is 5.75 Å². The highest BCUT2D eigenvalue weighted by Gasteiger charge is 2.09. The van der Waals surface area contributed by atoms with Crippen molar-refractivity contribution in [3.05, 3.63) is 28.2 Å². The van der Waals surface area contributed by atoms with Crippen molar-refractivity contribution < 1.29 is 8.42 Å². The van der Waals surface area contributed by atoms with Crippen LogP contribution in [0.1, 0.15) is 18.9 Å². The Morgan fingerprint density at radius 1 is 1.42 bits per heavy atom. The van der Waals surface area contributed by atoms with Crippen LogP contribution in [0.2, 0.25) is 0 Å². The lowest BCUT2D eigenvalue weighted by atomic mass is 10.1. The van der Waals surface area contributed by atoms with Crippen molar-refractivity contribution in [2.24, 2.45) is 5.73 Å². The first-order chi connectivity index (χ1) is 8.81. The number of halogens is 1. The highest BCUT2D eigenvalue weighted by atomic mass is 79.9. The summed E-state index contributed by atoms with van der Waals surface area (Å²) in [5, 5.41) is 0. The van der Waals surface area contributed by atoms with Crippen molar-refractivity contribution in [2.45, 2.75) is 30.7 Å². The van der Waals surface area contributed by atoms with Crippen LogP contribution in [0, 0.1) is 0 Å². The molecule has 1 rings (SSSR count). The number of hydrogen-bond donors (Lipinski definition) is 1. The first-order valence-electron chi connectivity index (χ1n) is 6.16. The summed E-state index contributed by atoms with van der Waals surface area (Å²) in [6, 6.07) is 6.21. The van der Waals surface area contributed by atoms with Gasteiger partial charge in [0.1, 0.15) is 9.84 Å². The Bertz CT molecular complexity index is 517. The SMILES string of the molecule is CCC(N)Cc1cc(Br)ccc1SCCS(C)(=O)=O. The minimum Gasteiger partial charge on any atom is -0.327 e. The Kier molecular flexibility index (Phi) is 6.86. The van der Waals surface area contributed by atoms with Crippen LogP contribution in [0.15, 0.2) is 27.6 Å². The maximum absolute atomic E-state index is 11.1. The Morgan fingerprint density at radius 2 is 2.11 bits per heavy atom. The molecule has 0 aliphatic rings. The van der Waals surface area contributed by atoms with Crippen molar-refractivity contribution >= 4 is 37.5 Å². The second kappa shape index (κ2) is 7.67. The summed E-state index contributed by atoms with van der Waals surface area (Å²) in [6.07, 6.45) is 3.01. The lowest BCUT2D eigenvalue weighted by Gasteiger charge is -2.13. The third-order valence-corrected chi connectivity index (χ3v) is 5.56. The second-order valence-electron chi connectivity index (χ2n) is 4.60. The fourth-order valence-electron chi connectivity index (χ4n) is 1.58. The van der Waals surface area contributed by atoms with Gasteiger partial charge in [-0.1, -0.05) is 22.9 Å². The molecule has 0 spiro atoms. The first kappa shape index (κ1) is 17.0. The maximum Gasteiger partial charge on any atom is 0.148 e. The molecule has 1 atom stereocenters. The molecule has 0 aliphatic carbocycles. The topological polar surface area (TPSA) is 60.2 Å². The number of sulfone groups is 1. The van der Waals surface area contributed by atoms with Gasteiger partial charge < -0.3 is 5.73 Å². The van der Waals surface area contributed by atoms with Crippen molar-refractivity contribution in [3.8, 4) is 0 Å². The summed E-state index contributed by atoms with van der Waals surface area (Å²) in [5.74, 6) is 0.780. The molecule has 108 valence electrons. The van der Waals surface area contributed by atoms with Crippen LogP contribution >= 0.6 is 27.7 Å². The monoisotopic (exact) mass is 365 g/mol. The van der Waals surface area contributed by atoms with Crippen LogP contribution in [-0.4, -0.2) is 32.2 Å². The third kappa shape index (κ3) is 6.79. The fourth-order valence-corrected chi connectivity index (χ4v) is 4.24. The standard InChI is InChI=1S/C13H20BrNO2S2/c1-3-12(15)9-10-8-11(14)4-5-13(10)18-6-7-19(2,16)17/h4-5,8,12H,3,6-7,9,15H2,1-2H3. The van der Waals surface area contributed by atoms with E-state index in [-0.39, 0.29) is 11.8 Å². The highest BCUT2D eigenvalue weighted by Crippen LogP contribution is 2.27. The van der Waals surface area contributed by atoms with E-state index in [4.69, 9.17) is 5.73 Å². The molecule has 0 aliphatic heterocycles.